The maximum atomic E-state index is 13.4. The van der Waals surface area contributed by atoms with Crippen molar-refractivity contribution in [1.29, 1.82) is 0 Å². The Morgan fingerprint density at radius 2 is 2.24 bits per heavy atom. The quantitative estimate of drug-likeness (QED) is 0.790. The monoisotopic (exact) mass is 351 g/mol. The third-order valence-corrected chi connectivity index (χ3v) is 4.36. The fourth-order valence-electron chi connectivity index (χ4n) is 2.75. The molecule has 0 saturated carbocycles. The highest BCUT2D eigenvalue weighted by molar-refractivity contribution is 9.10. The molecule has 0 N–H and O–H groups in total. The fraction of sp³-hybridized carbons (Fsp3) is 0.333. The minimum atomic E-state index is -0.269. The van der Waals surface area contributed by atoms with E-state index in [9.17, 15) is 9.18 Å². The number of aryl methyl sites for hydroxylation is 2. The molecule has 4 nitrogen and oxygen atoms in total. The number of carbonyl (C=O) groups excluding carboxylic acids is 1. The summed E-state index contributed by atoms with van der Waals surface area (Å²) in [5.41, 5.74) is 2.02. The zero-order valence-electron chi connectivity index (χ0n) is 11.8. The fourth-order valence-corrected chi connectivity index (χ4v) is 3.29. The summed E-state index contributed by atoms with van der Waals surface area (Å²) in [5, 5.41) is 4.21. The van der Waals surface area contributed by atoms with E-state index in [1.54, 1.807) is 28.9 Å². The number of aromatic nitrogens is 2. The molecule has 0 fully saturated rings. The van der Waals surface area contributed by atoms with Crippen LogP contribution < -0.4 is 4.90 Å². The molecule has 1 amide bonds. The predicted molar refractivity (Wildman–Crippen MR) is 81.9 cm³/mol. The van der Waals surface area contributed by atoms with Crippen LogP contribution in [-0.4, -0.2) is 21.7 Å². The van der Waals surface area contributed by atoms with E-state index >= 15 is 0 Å². The van der Waals surface area contributed by atoms with Crippen molar-refractivity contribution >= 4 is 27.5 Å². The van der Waals surface area contributed by atoms with Gasteiger partial charge in [-0.1, -0.05) is 0 Å². The van der Waals surface area contributed by atoms with Gasteiger partial charge in [-0.25, -0.2) is 4.39 Å². The first kappa shape index (κ1) is 14.3. The maximum absolute atomic E-state index is 13.4. The van der Waals surface area contributed by atoms with Crippen LogP contribution in [0.3, 0.4) is 0 Å². The average molecular weight is 352 g/mol. The number of carbonyl (C=O) groups is 1. The minimum Gasteiger partial charge on any atom is -0.304 e. The Labute approximate surface area is 130 Å². The highest BCUT2D eigenvalue weighted by Gasteiger charge is 2.31. The average Bonchev–Trinajstić information content (AvgIpc) is 2.77. The van der Waals surface area contributed by atoms with E-state index in [0.29, 0.717) is 10.2 Å². The van der Waals surface area contributed by atoms with Gasteiger partial charge >= 0.3 is 0 Å². The maximum Gasteiger partial charge on any atom is 0.280 e. The van der Waals surface area contributed by atoms with Gasteiger partial charge in [0.25, 0.3) is 5.91 Å². The molecular weight excluding hydrogens is 337 g/mol. The summed E-state index contributed by atoms with van der Waals surface area (Å²) >= 11 is 3.37. The van der Waals surface area contributed by atoms with E-state index in [1.807, 2.05) is 6.92 Å². The zero-order chi connectivity index (χ0) is 15.1. The molecule has 0 bridgehead atoms. The Kier molecular flexibility index (Phi) is 3.57. The SMILES string of the molecule is C[C@H]1CCc2cc(F)ccc2N1C(=O)c1nn(C)cc1Br. The van der Waals surface area contributed by atoms with Crippen molar-refractivity contribution in [2.45, 2.75) is 25.8 Å². The number of hydrogen-bond donors (Lipinski definition) is 0. The second-order valence-corrected chi connectivity index (χ2v) is 6.19. The van der Waals surface area contributed by atoms with Gasteiger partial charge in [0, 0.05) is 25.0 Å². The van der Waals surface area contributed by atoms with Crippen molar-refractivity contribution in [2.24, 2.45) is 7.05 Å². The summed E-state index contributed by atoms with van der Waals surface area (Å²) in [6.45, 7) is 2.00. The largest absolute Gasteiger partial charge is 0.304 e. The van der Waals surface area contributed by atoms with Crippen molar-refractivity contribution in [3.63, 3.8) is 0 Å². The van der Waals surface area contributed by atoms with Crippen LogP contribution in [0.15, 0.2) is 28.9 Å². The predicted octanol–water partition coefficient (Wildman–Crippen LogP) is 3.30. The number of rotatable bonds is 1. The van der Waals surface area contributed by atoms with E-state index in [2.05, 4.69) is 21.0 Å². The second-order valence-electron chi connectivity index (χ2n) is 5.34. The normalized spacial score (nSPS) is 17.7. The topological polar surface area (TPSA) is 38.1 Å². The molecule has 6 heteroatoms. The molecule has 1 aromatic carbocycles. The third kappa shape index (κ3) is 2.48. The van der Waals surface area contributed by atoms with Gasteiger partial charge in [-0.05, 0) is 59.5 Å². The van der Waals surface area contributed by atoms with E-state index in [4.69, 9.17) is 0 Å². The Morgan fingerprint density at radius 1 is 1.48 bits per heavy atom. The number of nitrogens with zero attached hydrogens (tertiary/aromatic N) is 3. The van der Waals surface area contributed by atoms with Gasteiger partial charge in [-0.2, -0.15) is 5.10 Å². The van der Waals surface area contributed by atoms with Crippen LogP contribution >= 0.6 is 15.9 Å². The van der Waals surface area contributed by atoms with Gasteiger partial charge in [0.2, 0.25) is 0 Å². The third-order valence-electron chi connectivity index (χ3n) is 3.78. The number of halogens is 2. The van der Waals surface area contributed by atoms with Crippen LogP contribution in [0.25, 0.3) is 0 Å². The standard InChI is InChI=1S/C15H15BrFN3O/c1-9-3-4-10-7-11(17)5-6-13(10)20(9)15(21)14-12(16)8-19(2)18-14/h5-9H,3-4H2,1-2H3/t9-/m0/s1. The van der Waals surface area contributed by atoms with E-state index in [0.717, 1.165) is 24.1 Å². The summed E-state index contributed by atoms with van der Waals surface area (Å²) in [5.74, 6) is -0.433. The van der Waals surface area contributed by atoms with Gasteiger partial charge in [-0.3, -0.25) is 9.48 Å². The molecule has 0 aliphatic carbocycles. The van der Waals surface area contributed by atoms with Crippen molar-refractivity contribution in [2.75, 3.05) is 4.90 Å². The molecule has 0 unspecified atom stereocenters. The number of hydrogen-bond acceptors (Lipinski definition) is 2. The Hall–Kier alpha value is -1.69. The van der Waals surface area contributed by atoms with Crippen LogP contribution in [0.2, 0.25) is 0 Å². The minimum absolute atomic E-state index is 0.0596. The summed E-state index contributed by atoms with van der Waals surface area (Å²) in [7, 11) is 1.77. The first-order valence-electron chi connectivity index (χ1n) is 6.78. The van der Waals surface area contributed by atoms with Crippen molar-refractivity contribution in [3.8, 4) is 0 Å². The summed E-state index contributed by atoms with van der Waals surface area (Å²) in [6, 6.07) is 4.64. The molecule has 3 rings (SSSR count). The molecule has 2 heterocycles. The van der Waals surface area contributed by atoms with Crippen LogP contribution in [-0.2, 0) is 13.5 Å². The Balaban J connectivity index is 2.05. The molecule has 0 radical (unpaired) electrons. The van der Waals surface area contributed by atoms with Gasteiger partial charge in [0.1, 0.15) is 5.82 Å². The summed E-state index contributed by atoms with van der Waals surface area (Å²) < 4.78 is 15.6. The van der Waals surface area contributed by atoms with E-state index in [-0.39, 0.29) is 17.8 Å². The highest BCUT2D eigenvalue weighted by Crippen LogP contribution is 2.33. The second kappa shape index (κ2) is 5.26. The van der Waals surface area contributed by atoms with Crippen molar-refractivity contribution in [1.82, 2.24) is 9.78 Å². The van der Waals surface area contributed by atoms with Gasteiger partial charge < -0.3 is 4.90 Å². The molecule has 21 heavy (non-hydrogen) atoms. The lowest BCUT2D eigenvalue weighted by Gasteiger charge is -2.35. The molecular formula is C15H15BrFN3O. The smallest absolute Gasteiger partial charge is 0.280 e. The zero-order valence-corrected chi connectivity index (χ0v) is 13.4. The number of benzene rings is 1. The van der Waals surface area contributed by atoms with Crippen LogP contribution in [0, 0.1) is 5.82 Å². The number of fused-ring (bicyclic) bond motifs is 1. The Morgan fingerprint density at radius 3 is 2.90 bits per heavy atom. The summed E-state index contributed by atoms with van der Waals surface area (Å²) in [6.07, 6.45) is 3.33. The summed E-state index contributed by atoms with van der Waals surface area (Å²) in [4.78, 5) is 14.5. The molecule has 0 spiro atoms. The molecule has 0 saturated heterocycles. The van der Waals surface area contributed by atoms with Crippen molar-refractivity contribution in [3.05, 3.63) is 45.9 Å². The molecule has 110 valence electrons. The van der Waals surface area contributed by atoms with Crippen LogP contribution in [0.4, 0.5) is 10.1 Å². The molecule has 1 aliphatic rings. The molecule has 1 aliphatic heterocycles. The molecule has 1 aromatic heterocycles. The number of anilines is 1. The lowest BCUT2D eigenvalue weighted by atomic mass is 9.96. The van der Waals surface area contributed by atoms with Gasteiger partial charge in [0.15, 0.2) is 5.69 Å². The first-order valence-corrected chi connectivity index (χ1v) is 7.58. The molecule has 2 aromatic rings. The highest BCUT2D eigenvalue weighted by atomic mass is 79.9. The number of amides is 1. The van der Waals surface area contributed by atoms with E-state index < -0.39 is 0 Å². The van der Waals surface area contributed by atoms with Crippen LogP contribution in [0.1, 0.15) is 29.4 Å². The molecule has 1 atom stereocenters. The first-order chi connectivity index (χ1) is 9.97. The van der Waals surface area contributed by atoms with Gasteiger partial charge in [-0.15, -0.1) is 0 Å². The lowest BCUT2D eigenvalue weighted by Crippen LogP contribution is -2.42. The van der Waals surface area contributed by atoms with Gasteiger partial charge in [0.05, 0.1) is 4.47 Å². The lowest BCUT2D eigenvalue weighted by molar-refractivity contribution is 0.0969. The Bertz CT molecular complexity index is 713. The van der Waals surface area contributed by atoms with Crippen LogP contribution in [0.5, 0.6) is 0 Å². The van der Waals surface area contributed by atoms with Crippen molar-refractivity contribution < 1.29 is 9.18 Å². The van der Waals surface area contributed by atoms with E-state index in [1.165, 1.54) is 12.1 Å².